The second-order valence-electron chi connectivity index (χ2n) is 7.91. The Morgan fingerprint density at radius 3 is 2.32 bits per heavy atom. The van der Waals surface area contributed by atoms with E-state index in [0.29, 0.717) is 25.5 Å². The molecule has 1 saturated heterocycles. The average molecular weight is 429 g/mol. The first-order valence-corrected chi connectivity index (χ1v) is 10.4. The molecule has 0 saturated carbocycles. The molecule has 0 spiro atoms. The number of carbonyl (C=O) groups excluding carboxylic acids is 2. The Labute approximate surface area is 182 Å². The summed E-state index contributed by atoms with van der Waals surface area (Å²) in [4.78, 5) is 24.5. The van der Waals surface area contributed by atoms with E-state index in [2.05, 4.69) is 10.6 Å². The molecule has 0 aromatic heterocycles. The van der Waals surface area contributed by atoms with Crippen molar-refractivity contribution >= 4 is 11.8 Å². The lowest BCUT2D eigenvalue weighted by molar-refractivity contribution is -0.123. The molecule has 7 heteroatoms. The van der Waals surface area contributed by atoms with E-state index in [-0.39, 0.29) is 29.5 Å². The second-order valence-corrected chi connectivity index (χ2v) is 7.91. The molecular formula is C24H29FN2O4. The van der Waals surface area contributed by atoms with Gasteiger partial charge in [0.1, 0.15) is 11.6 Å². The standard InChI is InChI=1S/C24H29FN2O4/c1-17(28)27-22(18-3-9-21(30-2)10-4-18)15-23(29)26-16-24(11-13-31-14-12-24)19-5-7-20(25)8-6-19/h3-10,22H,11-16H2,1-2H3,(H,26,29)(H,27,28). The summed E-state index contributed by atoms with van der Waals surface area (Å²) in [6.07, 6.45) is 1.60. The Kier molecular flexibility index (Phi) is 7.63. The van der Waals surface area contributed by atoms with Gasteiger partial charge in [0, 0.05) is 32.1 Å². The molecule has 3 rings (SSSR count). The number of rotatable bonds is 8. The van der Waals surface area contributed by atoms with Gasteiger partial charge in [-0.15, -0.1) is 0 Å². The first-order valence-electron chi connectivity index (χ1n) is 10.4. The minimum absolute atomic E-state index is 0.113. The first-order chi connectivity index (χ1) is 14.9. The maximum Gasteiger partial charge on any atom is 0.222 e. The van der Waals surface area contributed by atoms with Gasteiger partial charge in [-0.05, 0) is 48.2 Å². The topological polar surface area (TPSA) is 76.7 Å². The van der Waals surface area contributed by atoms with Crippen molar-refractivity contribution in [1.29, 1.82) is 0 Å². The molecule has 2 N–H and O–H groups in total. The Bertz CT molecular complexity index is 877. The monoisotopic (exact) mass is 428 g/mol. The van der Waals surface area contributed by atoms with Crippen molar-refractivity contribution in [2.75, 3.05) is 26.9 Å². The molecule has 0 radical (unpaired) electrons. The van der Waals surface area contributed by atoms with Crippen LogP contribution in [0.4, 0.5) is 4.39 Å². The van der Waals surface area contributed by atoms with Gasteiger partial charge in [-0.3, -0.25) is 9.59 Å². The molecule has 1 heterocycles. The van der Waals surface area contributed by atoms with E-state index in [1.807, 2.05) is 12.1 Å². The number of amides is 2. The van der Waals surface area contributed by atoms with Gasteiger partial charge in [0.25, 0.3) is 0 Å². The van der Waals surface area contributed by atoms with Crippen molar-refractivity contribution in [3.8, 4) is 5.75 Å². The van der Waals surface area contributed by atoms with Gasteiger partial charge in [0.05, 0.1) is 19.6 Å². The van der Waals surface area contributed by atoms with Crippen LogP contribution in [0.3, 0.4) is 0 Å². The Hall–Kier alpha value is -2.93. The SMILES string of the molecule is COc1ccc(C(CC(=O)NCC2(c3ccc(F)cc3)CCOCC2)NC(C)=O)cc1. The number of hydrogen-bond donors (Lipinski definition) is 2. The summed E-state index contributed by atoms with van der Waals surface area (Å²) in [5.41, 5.74) is 1.52. The predicted octanol–water partition coefficient (Wildman–Crippen LogP) is 3.27. The minimum atomic E-state index is -0.445. The molecule has 2 aromatic rings. The Morgan fingerprint density at radius 1 is 1.10 bits per heavy atom. The Morgan fingerprint density at radius 2 is 1.74 bits per heavy atom. The lowest BCUT2D eigenvalue weighted by Gasteiger charge is -2.38. The van der Waals surface area contributed by atoms with E-state index in [0.717, 1.165) is 24.0 Å². The smallest absolute Gasteiger partial charge is 0.222 e. The molecule has 166 valence electrons. The molecule has 0 aliphatic carbocycles. The van der Waals surface area contributed by atoms with Gasteiger partial charge >= 0.3 is 0 Å². The van der Waals surface area contributed by atoms with Gasteiger partial charge in [0.2, 0.25) is 11.8 Å². The summed E-state index contributed by atoms with van der Waals surface area (Å²) in [6.45, 7) is 3.04. The molecule has 31 heavy (non-hydrogen) atoms. The second kappa shape index (κ2) is 10.4. The molecular weight excluding hydrogens is 399 g/mol. The van der Waals surface area contributed by atoms with Crippen LogP contribution in [0.2, 0.25) is 0 Å². The first kappa shape index (κ1) is 22.7. The van der Waals surface area contributed by atoms with Crippen LogP contribution >= 0.6 is 0 Å². The van der Waals surface area contributed by atoms with Crippen LogP contribution < -0.4 is 15.4 Å². The van der Waals surface area contributed by atoms with Crippen LogP contribution in [0, 0.1) is 5.82 Å². The highest BCUT2D eigenvalue weighted by molar-refractivity contribution is 5.79. The number of halogens is 1. The largest absolute Gasteiger partial charge is 0.497 e. The van der Waals surface area contributed by atoms with Crippen LogP contribution in [0.5, 0.6) is 5.75 Å². The number of nitrogens with one attached hydrogen (secondary N) is 2. The van der Waals surface area contributed by atoms with Crippen molar-refractivity contribution in [3.63, 3.8) is 0 Å². The van der Waals surface area contributed by atoms with Gasteiger partial charge < -0.3 is 20.1 Å². The predicted molar refractivity (Wildman–Crippen MR) is 115 cm³/mol. The van der Waals surface area contributed by atoms with Crippen LogP contribution in [0.15, 0.2) is 48.5 Å². The lowest BCUT2D eigenvalue weighted by Crippen LogP contribution is -2.45. The van der Waals surface area contributed by atoms with Crippen LogP contribution in [0.25, 0.3) is 0 Å². The van der Waals surface area contributed by atoms with Gasteiger partial charge in [-0.1, -0.05) is 24.3 Å². The van der Waals surface area contributed by atoms with E-state index in [1.54, 1.807) is 31.4 Å². The van der Waals surface area contributed by atoms with Crippen LogP contribution in [0.1, 0.15) is 43.4 Å². The van der Waals surface area contributed by atoms with Gasteiger partial charge in [0.15, 0.2) is 0 Å². The molecule has 1 atom stereocenters. The highest BCUT2D eigenvalue weighted by Gasteiger charge is 2.35. The zero-order valence-electron chi connectivity index (χ0n) is 17.9. The quantitative estimate of drug-likeness (QED) is 0.677. The fourth-order valence-electron chi connectivity index (χ4n) is 3.99. The van der Waals surface area contributed by atoms with Crippen molar-refractivity contribution in [2.24, 2.45) is 0 Å². The maximum atomic E-state index is 13.4. The summed E-state index contributed by atoms with van der Waals surface area (Å²) in [6, 6.07) is 13.3. The van der Waals surface area contributed by atoms with Crippen molar-refractivity contribution in [2.45, 2.75) is 37.6 Å². The van der Waals surface area contributed by atoms with E-state index in [1.165, 1.54) is 19.1 Å². The number of carbonyl (C=O) groups is 2. The summed E-state index contributed by atoms with van der Waals surface area (Å²) in [5, 5.41) is 5.89. The highest BCUT2D eigenvalue weighted by Crippen LogP contribution is 2.34. The number of hydrogen-bond acceptors (Lipinski definition) is 4. The summed E-state index contributed by atoms with van der Waals surface area (Å²) in [5.74, 6) is 0.0477. The fourth-order valence-corrected chi connectivity index (χ4v) is 3.99. The molecule has 6 nitrogen and oxygen atoms in total. The van der Waals surface area contributed by atoms with Gasteiger partial charge in [-0.2, -0.15) is 0 Å². The number of methoxy groups -OCH3 is 1. The van der Waals surface area contributed by atoms with Crippen LogP contribution in [-0.2, 0) is 19.7 Å². The van der Waals surface area contributed by atoms with E-state index in [4.69, 9.17) is 9.47 Å². The van der Waals surface area contributed by atoms with E-state index in [9.17, 15) is 14.0 Å². The molecule has 1 fully saturated rings. The van der Waals surface area contributed by atoms with Crippen molar-refractivity contribution < 1.29 is 23.5 Å². The van der Waals surface area contributed by atoms with Crippen molar-refractivity contribution in [3.05, 3.63) is 65.5 Å². The molecule has 0 bridgehead atoms. The molecule has 1 unspecified atom stereocenters. The summed E-state index contributed by atoms with van der Waals surface area (Å²) < 4.78 is 24.1. The number of benzene rings is 2. The van der Waals surface area contributed by atoms with E-state index >= 15 is 0 Å². The zero-order chi connectivity index (χ0) is 22.3. The molecule has 2 aromatic carbocycles. The zero-order valence-corrected chi connectivity index (χ0v) is 17.9. The summed E-state index contributed by atoms with van der Waals surface area (Å²) in [7, 11) is 1.58. The normalized spacial score (nSPS) is 16.2. The molecule has 1 aliphatic rings. The van der Waals surface area contributed by atoms with Gasteiger partial charge in [-0.25, -0.2) is 4.39 Å². The lowest BCUT2D eigenvalue weighted by atomic mass is 9.74. The van der Waals surface area contributed by atoms with Crippen molar-refractivity contribution in [1.82, 2.24) is 10.6 Å². The average Bonchev–Trinajstić information content (AvgIpc) is 2.78. The fraction of sp³-hybridized carbons (Fsp3) is 0.417. The highest BCUT2D eigenvalue weighted by atomic mass is 19.1. The third-order valence-electron chi connectivity index (χ3n) is 5.82. The molecule has 1 aliphatic heterocycles. The third kappa shape index (κ3) is 6.04. The third-order valence-corrected chi connectivity index (χ3v) is 5.82. The molecule has 2 amide bonds. The maximum absolute atomic E-state index is 13.4. The number of ether oxygens (including phenoxy) is 2. The minimum Gasteiger partial charge on any atom is -0.497 e. The van der Waals surface area contributed by atoms with E-state index < -0.39 is 6.04 Å². The summed E-state index contributed by atoms with van der Waals surface area (Å²) >= 11 is 0. The van der Waals surface area contributed by atoms with Crippen LogP contribution in [-0.4, -0.2) is 38.7 Å². The Balaban J connectivity index is 1.69.